The Morgan fingerprint density at radius 3 is 2.54 bits per heavy atom. The third-order valence-electron chi connectivity index (χ3n) is 5.84. The van der Waals surface area contributed by atoms with Gasteiger partial charge >= 0.3 is 6.18 Å². The molecule has 0 unspecified atom stereocenters. The van der Waals surface area contributed by atoms with E-state index in [9.17, 15) is 13.2 Å². The number of methoxy groups -OCH3 is 1. The van der Waals surface area contributed by atoms with Gasteiger partial charge in [0.15, 0.2) is 23.1 Å². The van der Waals surface area contributed by atoms with Crippen molar-refractivity contribution in [2.24, 2.45) is 0 Å². The average Bonchev–Trinajstić information content (AvgIpc) is 3.63. The summed E-state index contributed by atoms with van der Waals surface area (Å²) < 4.78 is 45.6. The van der Waals surface area contributed by atoms with Crippen molar-refractivity contribution in [2.75, 3.05) is 12.4 Å². The molecule has 0 atom stereocenters. The van der Waals surface area contributed by atoms with Crippen LogP contribution in [0.1, 0.15) is 41.4 Å². The van der Waals surface area contributed by atoms with E-state index in [2.05, 4.69) is 20.4 Å². The van der Waals surface area contributed by atoms with Crippen LogP contribution in [0.25, 0.3) is 17.1 Å². The molecule has 4 aromatic rings. The van der Waals surface area contributed by atoms with Crippen molar-refractivity contribution in [1.82, 2.24) is 24.7 Å². The number of benzene rings is 1. The molecule has 0 aliphatic heterocycles. The first kappa shape index (κ1) is 22.8. The van der Waals surface area contributed by atoms with Crippen molar-refractivity contribution in [3.8, 4) is 22.8 Å². The zero-order valence-electron chi connectivity index (χ0n) is 19.2. The summed E-state index contributed by atoms with van der Waals surface area (Å²) in [5.74, 6) is 2.09. The predicted octanol–water partition coefficient (Wildman–Crippen LogP) is 5.55. The molecule has 1 N–H and O–H groups in total. The molecule has 0 radical (unpaired) electrons. The van der Waals surface area contributed by atoms with Crippen molar-refractivity contribution in [1.29, 1.82) is 0 Å². The van der Waals surface area contributed by atoms with Crippen LogP contribution in [0.15, 0.2) is 54.9 Å². The number of hydrogen-bond donors (Lipinski definition) is 1. The molecule has 1 aromatic carbocycles. The SMILES string of the molecule is COc1cnc(-c2cccnc2C2CC2)nc1NCc1ccc(-n2nc(C(F)(F)F)cc2C)cc1. The second-order valence-corrected chi connectivity index (χ2v) is 8.42. The van der Waals surface area contributed by atoms with Crippen LogP contribution < -0.4 is 10.1 Å². The van der Waals surface area contributed by atoms with Crippen molar-refractivity contribution in [3.63, 3.8) is 0 Å². The molecular formula is C25H23F3N6O. The summed E-state index contributed by atoms with van der Waals surface area (Å²) in [7, 11) is 1.56. The first-order valence-electron chi connectivity index (χ1n) is 11.2. The smallest absolute Gasteiger partial charge is 0.435 e. The highest BCUT2D eigenvalue weighted by atomic mass is 19.4. The van der Waals surface area contributed by atoms with Crippen LogP contribution in [0.3, 0.4) is 0 Å². The van der Waals surface area contributed by atoms with Crippen LogP contribution in [0.5, 0.6) is 5.75 Å². The van der Waals surface area contributed by atoms with Gasteiger partial charge in [0.2, 0.25) is 0 Å². The van der Waals surface area contributed by atoms with E-state index in [1.165, 1.54) is 4.68 Å². The highest BCUT2D eigenvalue weighted by Crippen LogP contribution is 2.42. The predicted molar refractivity (Wildman–Crippen MR) is 124 cm³/mol. The normalized spacial score (nSPS) is 13.6. The molecule has 0 amide bonds. The Kier molecular flexibility index (Phi) is 5.88. The van der Waals surface area contributed by atoms with Gasteiger partial charge in [0.25, 0.3) is 0 Å². The Balaban J connectivity index is 1.34. The van der Waals surface area contributed by atoms with Crippen LogP contribution >= 0.6 is 0 Å². The number of anilines is 1. The van der Waals surface area contributed by atoms with E-state index in [0.717, 1.165) is 35.7 Å². The Labute approximate surface area is 200 Å². The fraction of sp³-hybridized carbons (Fsp3) is 0.280. The van der Waals surface area contributed by atoms with E-state index in [4.69, 9.17) is 9.72 Å². The monoisotopic (exact) mass is 480 g/mol. The van der Waals surface area contributed by atoms with E-state index in [0.29, 0.717) is 41.2 Å². The molecule has 0 saturated heterocycles. The van der Waals surface area contributed by atoms with Gasteiger partial charge in [-0.15, -0.1) is 0 Å². The lowest BCUT2D eigenvalue weighted by atomic mass is 10.1. The number of rotatable bonds is 7. The van der Waals surface area contributed by atoms with E-state index in [-0.39, 0.29) is 0 Å². The molecule has 5 rings (SSSR count). The van der Waals surface area contributed by atoms with Gasteiger partial charge in [0.05, 0.1) is 24.7 Å². The highest BCUT2D eigenvalue weighted by molar-refractivity contribution is 5.63. The van der Waals surface area contributed by atoms with Gasteiger partial charge in [0.1, 0.15) is 0 Å². The summed E-state index contributed by atoms with van der Waals surface area (Å²) in [4.78, 5) is 13.7. The molecule has 1 saturated carbocycles. The number of ether oxygens (including phenoxy) is 1. The number of nitrogens with zero attached hydrogens (tertiary/aromatic N) is 5. The van der Waals surface area contributed by atoms with Crippen LogP contribution in [0.4, 0.5) is 19.0 Å². The highest BCUT2D eigenvalue weighted by Gasteiger charge is 2.34. The number of aromatic nitrogens is 5. The van der Waals surface area contributed by atoms with E-state index in [1.54, 1.807) is 38.6 Å². The lowest BCUT2D eigenvalue weighted by Gasteiger charge is -2.13. The lowest BCUT2D eigenvalue weighted by Crippen LogP contribution is -2.08. The van der Waals surface area contributed by atoms with Crippen LogP contribution in [0, 0.1) is 6.92 Å². The number of alkyl halides is 3. The maximum absolute atomic E-state index is 13.0. The molecule has 3 aromatic heterocycles. The molecule has 35 heavy (non-hydrogen) atoms. The van der Waals surface area contributed by atoms with Crippen molar-refractivity contribution < 1.29 is 17.9 Å². The quantitative estimate of drug-likeness (QED) is 0.374. The number of pyridine rings is 1. The maximum Gasteiger partial charge on any atom is 0.435 e. The summed E-state index contributed by atoms with van der Waals surface area (Å²) in [5.41, 5.74) is 2.89. The molecule has 10 heteroatoms. The topological polar surface area (TPSA) is 77.8 Å². The molecule has 0 spiro atoms. The Morgan fingerprint density at radius 1 is 1.11 bits per heavy atom. The largest absolute Gasteiger partial charge is 0.491 e. The van der Waals surface area contributed by atoms with Gasteiger partial charge in [-0.3, -0.25) is 4.98 Å². The van der Waals surface area contributed by atoms with Crippen molar-refractivity contribution in [2.45, 2.75) is 38.4 Å². The van der Waals surface area contributed by atoms with Gasteiger partial charge in [-0.2, -0.15) is 18.3 Å². The molecule has 0 bridgehead atoms. The minimum atomic E-state index is -4.48. The second-order valence-electron chi connectivity index (χ2n) is 8.42. The van der Waals surface area contributed by atoms with E-state index < -0.39 is 11.9 Å². The fourth-order valence-electron chi connectivity index (χ4n) is 3.88. The number of hydrogen-bond acceptors (Lipinski definition) is 6. The summed E-state index contributed by atoms with van der Waals surface area (Å²) in [6.45, 7) is 2.02. The van der Waals surface area contributed by atoms with Gasteiger partial charge in [0, 0.05) is 29.9 Å². The van der Waals surface area contributed by atoms with Gasteiger partial charge < -0.3 is 10.1 Å². The molecule has 7 nitrogen and oxygen atoms in total. The third-order valence-corrected chi connectivity index (χ3v) is 5.84. The summed E-state index contributed by atoms with van der Waals surface area (Å²) in [5, 5.41) is 6.98. The Bertz CT molecular complexity index is 1350. The fourth-order valence-corrected chi connectivity index (χ4v) is 3.88. The molecule has 1 aliphatic rings. The van der Waals surface area contributed by atoms with Crippen LogP contribution in [-0.4, -0.2) is 31.8 Å². The van der Waals surface area contributed by atoms with Crippen molar-refractivity contribution in [3.05, 3.63) is 77.5 Å². The zero-order valence-corrected chi connectivity index (χ0v) is 19.2. The van der Waals surface area contributed by atoms with Crippen LogP contribution in [-0.2, 0) is 12.7 Å². The van der Waals surface area contributed by atoms with E-state index in [1.807, 2.05) is 24.3 Å². The summed E-state index contributed by atoms with van der Waals surface area (Å²) >= 11 is 0. The molecule has 1 aliphatic carbocycles. The third kappa shape index (κ3) is 4.82. The van der Waals surface area contributed by atoms with Gasteiger partial charge in [-0.05, 0) is 55.7 Å². The molecular weight excluding hydrogens is 457 g/mol. The average molecular weight is 480 g/mol. The molecule has 180 valence electrons. The van der Waals surface area contributed by atoms with Crippen molar-refractivity contribution >= 4 is 5.82 Å². The number of aryl methyl sites for hydroxylation is 1. The zero-order chi connectivity index (χ0) is 24.6. The molecule has 3 heterocycles. The second kappa shape index (κ2) is 9.01. The van der Waals surface area contributed by atoms with E-state index >= 15 is 0 Å². The first-order valence-corrected chi connectivity index (χ1v) is 11.2. The summed E-state index contributed by atoms with van der Waals surface area (Å²) in [6, 6.07) is 12.0. The Hall–Kier alpha value is -3.95. The Morgan fingerprint density at radius 2 is 1.89 bits per heavy atom. The number of nitrogens with one attached hydrogen (secondary N) is 1. The minimum Gasteiger partial charge on any atom is -0.491 e. The first-order chi connectivity index (χ1) is 16.8. The van der Waals surface area contributed by atoms with Crippen LogP contribution in [0.2, 0.25) is 0 Å². The standard InChI is InChI=1S/C25H23F3N6O/c1-15-12-21(25(26,27)28)33-34(15)18-9-5-16(6-10-18)13-30-24-20(35-2)14-31-23(32-24)19-4-3-11-29-22(19)17-7-8-17/h3-6,9-12,14,17H,7-8,13H2,1-2H3,(H,30,31,32). The van der Waals surface area contributed by atoms with Gasteiger partial charge in [-0.25, -0.2) is 14.6 Å². The molecule has 1 fully saturated rings. The summed E-state index contributed by atoms with van der Waals surface area (Å²) in [6.07, 6.45) is 1.19. The van der Waals surface area contributed by atoms with Gasteiger partial charge in [-0.1, -0.05) is 12.1 Å². The minimum absolute atomic E-state index is 0.405. The maximum atomic E-state index is 13.0. The lowest BCUT2D eigenvalue weighted by molar-refractivity contribution is -0.141. The number of halogens is 3.